The SMILES string of the molecule is CC(=O)NCCCNC(=O)c1ccc(-c2nc3cc(F)ccc3s2)cc1. The number of hydrogen-bond donors (Lipinski definition) is 2. The maximum absolute atomic E-state index is 13.3. The van der Waals surface area contributed by atoms with Crippen LogP contribution in [0.1, 0.15) is 23.7 Å². The van der Waals surface area contributed by atoms with Gasteiger partial charge in [-0.25, -0.2) is 9.37 Å². The van der Waals surface area contributed by atoms with Crippen molar-refractivity contribution in [1.82, 2.24) is 15.6 Å². The zero-order valence-corrected chi connectivity index (χ0v) is 15.0. The van der Waals surface area contributed by atoms with Crippen molar-refractivity contribution >= 4 is 33.4 Å². The fourth-order valence-electron chi connectivity index (χ4n) is 2.45. The summed E-state index contributed by atoms with van der Waals surface area (Å²) in [7, 11) is 0. The minimum Gasteiger partial charge on any atom is -0.356 e. The summed E-state index contributed by atoms with van der Waals surface area (Å²) < 4.78 is 14.2. The molecule has 3 aromatic rings. The van der Waals surface area contributed by atoms with E-state index in [-0.39, 0.29) is 17.6 Å². The minimum absolute atomic E-state index is 0.0792. The Balaban J connectivity index is 1.62. The van der Waals surface area contributed by atoms with Crippen molar-refractivity contribution in [3.05, 3.63) is 53.8 Å². The smallest absolute Gasteiger partial charge is 0.251 e. The first kappa shape index (κ1) is 18.0. The highest BCUT2D eigenvalue weighted by atomic mass is 32.1. The lowest BCUT2D eigenvalue weighted by Gasteiger charge is -2.06. The first-order valence-corrected chi connectivity index (χ1v) is 9.04. The van der Waals surface area contributed by atoms with E-state index in [1.807, 2.05) is 12.1 Å². The van der Waals surface area contributed by atoms with Crippen molar-refractivity contribution in [3.8, 4) is 10.6 Å². The molecule has 2 aromatic carbocycles. The molecule has 2 amide bonds. The maximum Gasteiger partial charge on any atom is 0.251 e. The van der Waals surface area contributed by atoms with Gasteiger partial charge in [-0.3, -0.25) is 9.59 Å². The lowest BCUT2D eigenvalue weighted by atomic mass is 10.1. The van der Waals surface area contributed by atoms with E-state index in [4.69, 9.17) is 0 Å². The van der Waals surface area contributed by atoms with Crippen molar-refractivity contribution in [2.75, 3.05) is 13.1 Å². The van der Waals surface area contributed by atoms with E-state index < -0.39 is 0 Å². The third-order valence-corrected chi connectivity index (χ3v) is 4.84. The van der Waals surface area contributed by atoms with Crippen LogP contribution in [0.4, 0.5) is 4.39 Å². The Morgan fingerprint density at radius 1 is 1.08 bits per heavy atom. The molecule has 1 aromatic heterocycles. The number of nitrogens with one attached hydrogen (secondary N) is 2. The number of carbonyl (C=O) groups excluding carboxylic acids is 2. The molecule has 0 aliphatic rings. The number of hydrogen-bond acceptors (Lipinski definition) is 4. The molecule has 1 heterocycles. The summed E-state index contributed by atoms with van der Waals surface area (Å²) >= 11 is 1.48. The molecule has 0 aliphatic heterocycles. The average molecular weight is 371 g/mol. The third-order valence-electron chi connectivity index (χ3n) is 3.76. The molecule has 0 aliphatic carbocycles. The molecule has 0 radical (unpaired) electrons. The van der Waals surface area contributed by atoms with Crippen LogP contribution in [-0.4, -0.2) is 29.9 Å². The van der Waals surface area contributed by atoms with Crippen molar-refractivity contribution in [2.45, 2.75) is 13.3 Å². The lowest BCUT2D eigenvalue weighted by molar-refractivity contribution is -0.118. The molecule has 0 atom stereocenters. The predicted molar refractivity (Wildman–Crippen MR) is 101 cm³/mol. The fraction of sp³-hybridized carbons (Fsp3) is 0.211. The Morgan fingerprint density at radius 3 is 2.54 bits per heavy atom. The highest BCUT2D eigenvalue weighted by Gasteiger charge is 2.09. The zero-order chi connectivity index (χ0) is 18.5. The topological polar surface area (TPSA) is 71.1 Å². The van der Waals surface area contributed by atoms with Gasteiger partial charge in [-0.15, -0.1) is 11.3 Å². The van der Waals surface area contributed by atoms with E-state index in [1.54, 1.807) is 18.2 Å². The first-order chi connectivity index (χ1) is 12.5. The van der Waals surface area contributed by atoms with Crippen LogP contribution in [-0.2, 0) is 4.79 Å². The molecule has 3 rings (SSSR count). The van der Waals surface area contributed by atoms with Crippen molar-refractivity contribution in [1.29, 1.82) is 0 Å². The van der Waals surface area contributed by atoms with Gasteiger partial charge in [0.05, 0.1) is 10.2 Å². The monoisotopic (exact) mass is 371 g/mol. The molecule has 0 unspecified atom stereocenters. The number of thiazole rings is 1. The van der Waals surface area contributed by atoms with Crippen molar-refractivity contribution in [3.63, 3.8) is 0 Å². The molecule has 26 heavy (non-hydrogen) atoms. The van der Waals surface area contributed by atoms with Crippen LogP contribution in [0.5, 0.6) is 0 Å². The van der Waals surface area contributed by atoms with Gasteiger partial charge in [0.1, 0.15) is 10.8 Å². The molecule has 0 spiro atoms. The minimum atomic E-state index is -0.306. The molecule has 134 valence electrons. The molecule has 0 bridgehead atoms. The number of fused-ring (bicyclic) bond motifs is 1. The van der Waals surface area contributed by atoms with E-state index in [0.717, 1.165) is 15.3 Å². The standard InChI is InChI=1S/C19H18FN3O2S/c1-12(24)21-9-2-10-22-18(25)13-3-5-14(6-4-13)19-23-16-11-15(20)7-8-17(16)26-19/h3-8,11H,2,9-10H2,1H3,(H,21,24)(H,22,25). The Kier molecular flexibility index (Phi) is 5.58. The second-order valence-corrected chi connectivity index (χ2v) is 6.83. The van der Waals surface area contributed by atoms with Gasteiger partial charge in [0.15, 0.2) is 0 Å². The van der Waals surface area contributed by atoms with Crippen LogP contribution in [0.25, 0.3) is 20.8 Å². The highest BCUT2D eigenvalue weighted by Crippen LogP contribution is 2.30. The third kappa shape index (κ3) is 4.43. The van der Waals surface area contributed by atoms with Gasteiger partial charge in [0.2, 0.25) is 5.91 Å². The normalized spacial score (nSPS) is 10.7. The summed E-state index contributed by atoms with van der Waals surface area (Å²) in [6.45, 7) is 2.49. The maximum atomic E-state index is 13.3. The molecular weight excluding hydrogens is 353 g/mol. The van der Waals surface area contributed by atoms with Gasteiger partial charge in [-0.1, -0.05) is 12.1 Å². The molecule has 2 N–H and O–H groups in total. The van der Waals surface area contributed by atoms with Crippen molar-refractivity contribution in [2.24, 2.45) is 0 Å². The number of halogens is 1. The van der Waals surface area contributed by atoms with Crippen molar-refractivity contribution < 1.29 is 14.0 Å². The Hall–Kier alpha value is -2.80. The second kappa shape index (κ2) is 8.05. The molecule has 0 fully saturated rings. The second-order valence-electron chi connectivity index (χ2n) is 5.80. The summed E-state index contributed by atoms with van der Waals surface area (Å²) in [6.07, 6.45) is 0.672. The summed E-state index contributed by atoms with van der Waals surface area (Å²) in [4.78, 5) is 27.3. The Labute approximate surface area is 154 Å². The number of carbonyl (C=O) groups is 2. The van der Waals surface area contributed by atoms with E-state index in [9.17, 15) is 14.0 Å². The van der Waals surface area contributed by atoms with Crippen LogP contribution in [0.2, 0.25) is 0 Å². The molecule has 0 saturated carbocycles. The number of rotatable bonds is 6. The van der Waals surface area contributed by atoms with Gasteiger partial charge < -0.3 is 10.6 Å². The average Bonchev–Trinajstić information content (AvgIpc) is 3.04. The summed E-state index contributed by atoms with van der Waals surface area (Å²) in [5.74, 6) is -0.546. The zero-order valence-electron chi connectivity index (χ0n) is 14.2. The molecule has 7 heteroatoms. The first-order valence-electron chi connectivity index (χ1n) is 8.22. The van der Waals surface area contributed by atoms with Crippen LogP contribution in [0, 0.1) is 5.82 Å². The van der Waals surface area contributed by atoms with E-state index >= 15 is 0 Å². The molecule has 0 saturated heterocycles. The van der Waals surface area contributed by atoms with Gasteiger partial charge in [-0.2, -0.15) is 0 Å². The number of amides is 2. The van der Waals surface area contributed by atoms with E-state index in [0.29, 0.717) is 30.6 Å². The number of nitrogens with zero attached hydrogens (tertiary/aromatic N) is 1. The molecular formula is C19H18FN3O2S. The summed E-state index contributed by atoms with van der Waals surface area (Å²) in [5.41, 5.74) is 2.07. The number of aromatic nitrogens is 1. The van der Waals surface area contributed by atoms with E-state index in [1.165, 1.54) is 30.4 Å². The van der Waals surface area contributed by atoms with Crippen LogP contribution < -0.4 is 10.6 Å². The van der Waals surface area contributed by atoms with E-state index in [2.05, 4.69) is 15.6 Å². The summed E-state index contributed by atoms with van der Waals surface area (Å²) in [5, 5.41) is 6.28. The quantitative estimate of drug-likeness (QED) is 0.653. The van der Waals surface area contributed by atoms with Gasteiger partial charge in [0, 0.05) is 37.2 Å². The van der Waals surface area contributed by atoms with Crippen LogP contribution in [0.15, 0.2) is 42.5 Å². The Morgan fingerprint density at radius 2 is 1.81 bits per heavy atom. The fourth-order valence-corrected chi connectivity index (χ4v) is 3.40. The lowest BCUT2D eigenvalue weighted by Crippen LogP contribution is -2.28. The molecule has 5 nitrogen and oxygen atoms in total. The largest absolute Gasteiger partial charge is 0.356 e. The predicted octanol–water partition coefficient (Wildman–Crippen LogP) is 3.36. The van der Waals surface area contributed by atoms with Crippen LogP contribution >= 0.6 is 11.3 Å². The van der Waals surface area contributed by atoms with Crippen LogP contribution in [0.3, 0.4) is 0 Å². The Bertz CT molecular complexity index is 938. The van der Waals surface area contributed by atoms with Gasteiger partial charge in [0.25, 0.3) is 5.91 Å². The summed E-state index contributed by atoms with van der Waals surface area (Å²) in [6, 6.07) is 11.7. The van der Waals surface area contributed by atoms with Gasteiger partial charge in [-0.05, 0) is 30.7 Å². The highest BCUT2D eigenvalue weighted by molar-refractivity contribution is 7.21. The van der Waals surface area contributed by atoms with Gasteiger partial charge >= 0.3 is 0 Å². The number of benzene rings is 2.